The predicted molar refractivity (Wildman–Crippen MR) is 176 cm³/mol. The molecular weight excluding hydrogens is 610 g/mol. The lowest BCUT2D eigenvalue weighted by Gasteiger charge is -2.34. The van der Waals surface area contributed by atoms with Gasteiger partial charge >= 0.3 is 12.1 Å². The number of carbonyl (C=O) groups is 3. The normalized spacial score (nSPS) is 22.5. The standard InChI is InChI=1S/C33H45N5O7S/c1-18(2)34-31-36-25(17-46-31)24-15-27(22-12-11-20(43-6)13-23(22)35-24)44-21-14-26(30(40)41)38(16-21)29(39)28(33(3,4)5)37-32(42)45-19-9-7-8-10-19/h11-13,15,18-19,21,25-26,28H,7-10,14,16-17H2,1-6H3,(H,34,36)(H,37,42)(H,40,41)/t21-,25?,26+,28-/m1/s1. The summed E-state index contributed by atoms with van der Waals surface area (Å²) < 4.78 is 17.5. The number of nitrogens with one attached hydrogen (secondary N) is 2. The topological polar surface area (TPSA) is 152 Å². The summed E-state index contributed by atoms with van der Waals surface area (Å²) in [7, 11) is 1.59. The van der Waals surface area contributed by atoms with Crippen LogP contribution in [0.4, 0.5) is 4.79 Å². The molecule has 1 aliphatic carbocycles. The van der Waals surface area contributed by atoms with Gasteiger partial charge in [-0.3, -0.25) is 14.8 Å². The Hall–Kier alpha value is -3.74. The lowest BCUT2D eigenvalue weighted by molar-refractivity contribution is -0.150. The number of hydrogen-bond donors (Lipinski definition) is 3. The van der Waals surface area contributed by atoms with Gasteiger partial charge in [0.1, 0.15) is 41.8 Å². The number of aromatic nitrogens is 1. The van der Waals surface area contributed by atoms with E-state index in [1.54, 1.807) is 18.9 Å². The predicted octanol–water partition coefficient (Wildman–Crippen LogP) is 4.90. The van der Waals surface area contributed by atoms with E-state index in [2.05, 4.69) is 24.5 Å². The number of fused-ring (bicyclic) bond motifs is 1. The second-order valence-corrected chi connectivity index (χ2v) is 14.6. The molecule has 0 radical (unpaired) electrons. The maximum atomic E-state index is 14.0. The first-order valence-corrected chi connectivity index (χ1v) is 16.9. The van der Waals surface area contributed by atoms with Gasteiger partial charge in [-0.15, -0.1) is 0 Å². The first-order valence-electron chi connectivity index (χ1n) is 15.9. The Morgan fingerprint density at radius 1 is 1.11 bits per heavy atom. The number of pyridine rings is 1. The Balaban J connectivity index is 1.39. The van der Waals surface area contributed by atoms with Gasteiger partial charge in [-0.25, -0.2) is 9.59 Å². The lowest BCUT2D eigenvalue weighted by Crippen LogP contribution is -2.57. The largest absolute Gasteiger partial charge is 0.497 e. The molecule has 1 aromatic carbocycles. The van der Waals surface area contributed by atoms with Crippen molar-refractivity contribution in [1.82, 2.24) is 20.5 Å². The number of amides is 2. The van der Waals surface area contributed by atoms with E-state index in [0.717, 1.165) is 41.9 Å². The maximum Gasteiger partial charge on any atom is 0.408 e. The number of benzene rings is 1. The number of rotatable bonds is 9. The molecular formula is C33H45N5O7S. The van der Waals surface area contributed by atoms with Crippen molar-refractivity contribution in [3.05, 3.63) is 30.0 Å². The van der Waals surface area contributed by atoms with E-state index in [1.807, 2.05) is 45.0 Å². The van der Waals surface area contributed by atoms with Crippen LogP contribution in [0.5, 0.6) is 11.5 Å². The van der Waals surface area contributed by atoms with Gasteiger partial charge in [-0.05, 0) is 57.1 Å². The number of carbonyl (C=O) groups excluding carboxylic acids is 2. The second kappa shape index (κ2) is 13.9. The van der Waals surface area contributed by atoms with Crippen molar-refractivity contribution < 1.29 is 33.7 Å². The van der Waals surface area contributed by atoms with Crippen LogP contribution in [0.15, 0.2) is 29.3 Å². The molecule has 5 rings (SSSR count). The fourth-order valence-corrected chi connectivity index (χ4v) is 7.19. The van der Waals surface area contributed by atoms with Crippen molar-refractivity contribution in [3.8, 4) is 11.5 Å². The number of aliphatic imine (C=N–C) groups is 1. The Morgan fingerprint density at radius 3 is 2.50 bits per heavy atom. The molecule has 1 unspecified atom stereocenters. The van der Waals surface area contributed by atoms with Gasteiger partial charge in [0.15, 0.2) is 5.17 Å². The average molecular weight is 656 g/mol. The van der Waals surface area contributed by atoms with E-state index >= 15 is 0 Å². The Bertz CT molecular complexity index is 1490. The van der Waals surface area contributed by atoms with Crippen molar-refractivity contribution in [3.63, 3.8) is 0 Å². The molecule has 0 spiro atoms. The van der Waals surface area contributed by atoms with E-state index < -0.39 is 41.6 Å². The molecule has 2 aromatic rings. The van der Waals surface area contributed by atoms with Gasteiger partial charge in [0, 0.05) is 35.7 Å². The monoisotopic (exact) mass is 655 g/mol. The summed E-state index contributed by atoms with van der Waals surface area (Å²) in [6.45, 7) is 9.65. The highest BCUT2D eigenvalue weighted by atomic mass is 32.2. The third kappa shape index (κ3) is 7.79. The molecule has 46 heavy (non-hydrogen) atoms. The van der Waals surface area contributed by atoms with Crippen LogP contribution in [0.3, 0.4) is 0 Å². The number of methoxy groups -OCH3 is 1. The average Bonchev–Trinajstić information content (AvgIpc) is 3.76. The fourth-order valence-electron chi connectivity index (χ4n) is 6.11. The molecule has 1 saturated carbocycles. The van der Waals surface area contributed by atoms with Crippen LogP contribution in [0.1, 0.15) is 78.5 Å². The van der Waals surface area contributed by atoms with E-state index in [9.17, 15) is 19.5 Å². The molecule has 3 N–H and O–H groups in total. The molecule has 1 aromatic heterocycles. The summed E-state index contributed by atoms with van der Waals surface area (Å²) in [6, 6.07) is 5.32. The number of amidine groups is 1. The van der Waals surface area contributed by atoms with Gasteiger partial charge in [0.2, 0.25) is 5.91 Å². The molecule has 3 aliphatic rings. The number of nitrogens with zero attached hydrogens (tertiary/aromatic N) is 3. The zero-order valence-electron chi connectivity index (χ0n) is 27.4. The molecule has 0 bridgehead atoms. The number of alkyl carbamates (subject to hydrolysis) is 1. The molecule has 2 fully saturated rings. The Labute approximate surface area is 274 Å². The number of carboxylic acids is 1. The molecule has 2 aliphatic heterocycles. The molecule has 3 heterocycles. The van der Waals surface area contributed by atoms with Crippen molar-refractivity contribution in [2.75, 3.05) is 19.4 Å². The van der Waals surface area contributed by atoms with Gasteiger partial charge in [0.05, 0.1) is 24.9 Å². The lowest BCUT2D eigenvalue weighted by atomic mass is 9.85. The van der Waals surface area contributed by atoms with E-state index in [4.69, 9.17) is 24.2 Å². The Morgan fingerprint density at radius 2 is 1.85 bits per heavy atom. The Kier molecular flexibility index (Phi) is 10.2. The summed E-state index contributed by atoms with van der Waals surface area (Å²) in [5, 5.41) is 17.9. The van der Waals surface area contributed by atoms with Crippen LogP contribution in [0.25, 0.3) is 10.9 Å². The molecule has 1 saturated heterocycles. The minimum absolute atomic E-state index is 0.0386. The number of carboxylic acid groups (broad SMARTS) is 1. The summed E-state index contributed by atoms with van der Waals surface area (Å²) in [6.07, 6.45) is 2.24. The maximum absolute atomic E-state index is 14.0. The molecule has 12 nitrogen and oxygen atoms in total. The fraction of sp³-hybridized carbons (Fsp3) is 0.606. The minimum atomic E-state index is -1.13. The van der Waals surface area contributed by atoms with Gasteiger partial charge in [-0.2, -0.15) is 0 Å². The number of thioether (sulfide) groups is 1. The van der Waals surface area contributed by atoms with Crippen molar-refractivity contribution in [2.24, 2.45) is 10.4 Å². The summed E-state index contributed by atoms with van der Waals surface area (Å²) in [4.78, 5) is 50.3. The summed E-state index contributed by atoms with van der Waals surface area (Å²) in [5.41, 5.74) is 0.685. The molecule has 2 amide bonds. The van der Waals surface area contributed by atoms with Crippen molar-refractivity contribution in [1.29, 1.82) is 0 Å². The van der Waals surface area contributed by atoms with Crippen LogP contribution in [0, 0.1) is 5.41 Å². The molecule has 13 heteroatoms. The smallest absolute Gasteiger partial charge is 0.408 e. The van der Waals surface area contributed by atoms with Crippen LogP contribution < -0.4 is 20.1 Å². The molecule has 250 valence electrons. The van der Waals surface area contributed by atoms with Gasteiger partial charge < -0.3 is 34.9 Å². The zero-order chi connectivity index (χ0) is 33.2. The highest BCUT2D eigenvalue weighted by molar-refractivity contribution is 8.14. The first kappa shape index (κ1) is 33.6. The molecule has 4 atom stereocenters. The van der Waals surface area contributed by atoms with Crippen LogP contribution in [0.2, 0.25) is 0 Å². The van der Waals surface area contributed by atoms with Crippen LogP contribution in [-0.4, -0.2) is 87.9 Å². The number of ether oxygens (including phenoxy) is 3. The highest BCUT2D eigenvalue weighted by Crippen LogP contribution is 2.37. The van der Waals surface area contributed by atoms with Crippen LogP contribution in [-0.2, 0) is 14.3 Å². The highest BCUT2D eigenvalue weighted by Gasteiger charge is 2.46. The number of aliphatic carboxylic acids is 1. The van der Waals surface area contributed by atoms with Crippen LogP contribution >= 0.6 is 11.8 Å². The summed E-state index contributed by atoms with van der Waals surface area (Å²) in [5.74, 6) is 0.274. The SMILES string of the molecule is COc1ccc2c(O[C@@H]3C[C@@H](C(=O)O)N(C(=O)[C@@H](NC(=O)OC4CCCC4)C(C)(C)C)C3)cc(C3CSC(NC(C)C)=N3)nc2c1. The zero-order valence-corrected chi connectivity index (χ0v) is 28.2. The second-order valence-electron chi connectivity index (χ2n) is 13.6. The van der Waals surface area contributed by atoms with Crippen molar-refractivity contribution >= 4 is 45.8 Å². The summed E-state index contributed by atoms with van der Waals surface area (Å²) >= 11 is 1.63. The number of hydrogen-bond acceptors (Lipinski definition) is 10. The third-order valence-electron chi connectivity index (χ3n) is 8.48. The quantitative estimate of drug-likeness (QED) is 0.340. The van der Waals surface area contributed by atoms with Gasteiger partial charge in [-0.1, -0.05) is 32.5 Å². The third-order valence-corrected chi connectivity index (χ3v) is 9.46. The van der Waals surface area contributed by atoms with Crippen molar-refractivity contribution in [2.45, 2.75) is 103 Å². The first-order chi connectivity index (χ1) is 21.8. The number of likely N-dealkylation sites (tertiary alicyclic amines) is 1. The van der Waals surface area contributed by atoms with E-state index in [1.165, 1.54) is 4.90 Å². The van der Waals surface area contributed by atoms with E-state index in [0.29, 0.717) is 22.8 Å². The minimum Gasteiger partial charge on any atom is -0.497 e. The van der Waals surface area contributed by atoms with Gasteiger partial charge in [0.25, 0.3) is 0 Å². The van der Waals surface area contributed by atoms with E-state index in [-0.39, 0.29) is 31.2 Å².